The molecule has 3 amide bonds. The highest BCUT2D eigenvalue weighted by molar-refractivity contribution is 5.93. The Kier molecular flexibility index (Phi) is 7.01. The molecule has 0 aliphatic carbocycles. The smallest absolute Gasteiger partial charge is 0.319 e. The Morgan fingerprint density at radius 1 is 1.14 bits per heavy atom. The number of benzene rings is 1. The third-order valence-corrected chi connectivity index (χ3v) is 2.90. The van der Waals surface area contributed by atoms with E-state index in [0.717, 1.165) is 6.42 Å². The molecular weight excluding hydrogens is 286 g/mol. The number of anilines is 1. The van der Waals surface area contributed by atoms with E-state index in [1.807, 2.05) is 6.92 Å². The van der Waals surface area contributed by atoms with Crippen LogP contribution >= 0.6 is 0 Å². The van der Waals surface area contributed by atoms with Crippen LogP contribution in [0.4, 0.5) is 10.5 Å². The molecule has 1 aromatic carbocycles. The Bertz CT molecular complexity index is 497. The predicted molar refractivity (Wildman–Crippen MR) is 84.5 cm³/mol. The van der Waals surface area contributed by atoms with Gasteiger partial charge in [-0.2, -0.15) is 0 Å². The molecule has 0 aromatic heterocycles. The number of hydrogen-bond donors (Lipinski definition) is 3. The summed E-state index contributed by atoms with van der Waals surface area (Å²) < 4.78 is 10.3. The van der Waals surface area contributed by atoms with E-state index in [4.69, 9.17) is 9.47 Å². The van der Waals surface area contributed by atoms with Crippen LogP contribution in [0.15, 0.2) is 18.2 Å². The van der Waals surface area contributed by atoms with Gasteiger partial charge in [0.2, 0.25) is 5.91 Å². The molecule has 0 heterocycles. The maximum atomic E-state index is 11.9. The average molecular weight is 309 g/mol. The highest BCUT2D eigenvalue weighted by Gasteiger charge is 2.15. The van der Waals surface area contributed by atoms with E-state index in [9.17, 15) is 9.59 Å². The first kappa shape index (κ1) is 17.6. The number of ether oxygens (including phenoxy) is 2. The molecule has 7 nitrogen and oxygen atoms in total. The minimum absolute atomic E-state index is 0.222. The van der Waals surface area contributed by atoms with Crippen LogP contribution in [0.3, 0.4) is 0 Å². The van der Waals surface area contributed by atoms with Crippen molar-refractivity contribution in [1.29, 1.82) is 0 Å². The van der Waals surface area contributed by atoms with Crippen LogP contribution in [0.25, 0.3) is 0 Å². The molecule has 0 saturated heterocycles. The second-order valence-corrected chi connectivity index (χ2v) is 4.71. The normalized spacial score (nSPS) is 11.3. The molecule has 122 valence electrons. The largest absolute Gasteiger partial charge is 0.497 e. The Morgan fingerprint density at radius 3 is 2.23 bits per heavy atom. The molecule has 1 atom stereocenters. The van der Waals surface area contributed by atoms with Crippen molar-refractivity contribution in [3.63, 3.8) is 0 Å². The third-order valence-electron chi connectivity index (χ3n) is 2.90. The number of rotatable bonds is 7. The van der Waals surface area contributed by atoms with Crippen molar-refractivity contribution in [2.75, 3.05) is 26.1 Å². The molecule has 0 aliphatic heterocycles. The number of carbonyl (C=O) groups excluding carboxylic acids is 2. The fourth-order valence-electron chi connectivity index (χ4n) is 1.71. The maximum Gasteiger partial charge on any atom is 0.319 e. The summed E-state index contributed by atoms with van der Waals surface area (Å²) in [5, 5.41) is 7.93. The van der Waals surface area contributed by atoms with E-state index in [0.29, 0.717) is 23.7 Å². The lowest BCUT2D eigenvalue weighted by Crippen LogP contribution is -2.46. The summed E-state index contributed by atoms with van der Waals surface area (Å²) in [6.07, 6.45) is 0.842. The number of nitrogens with one attached hydrogen (secondary N) is 3. The Morgan fingerprint density at radius 2 is 1.73 bits per heavy atom. The lowest BCUT2D eigenvalue weighted by atomic mass is 10.2. The standard InChI is InChI=1S/C15H23N3O4/c1-5-6-16-14(19)10(2)17-15(20)18-11-7-12(21-3)9-13(8-11)22-4/h7-10H,5-6H2,1-4H3,(H,16,19)(H2,17,18,20)/t10-/m1/s1. The van der Waals surface area contributed by atoms with E-state index in [2.05, 4.69) is 16.0 Å². The number of urea groups is 1. The number of methoxy groups -OCH3 is 2. The first-order valence-corrected chi connectivity index (χ1v) is 7.08. The first-order chi connectivity index (χ1) is 10.5. The monoisotopic (exact) mass is 309 g/mol. The highest BCUT2D eigenvalue weighted by Crippen LogP contribution is 2.25. The SMILES string of the molecule is CCCNC(=O)[C@@H](C)NC(=O)Nc1cc(OC)cc(OC)c1. The van der Waals surface area contributed by atoms with E-state index < -0.39 is 12.1 Å². The molecule has 0 unspecified atom stereocenters. The van der Waals surface area contributed by atoms with Crippen molar-refractivity contribution in [3.8, 4) is 11.5 Å². The molecule has 0 bridgehead atoms. The van der Waals surface area contributed by atoms with Crippen molar-refractivity contribution < 1.29 is 19.1 Å². The molecule has 3 N–H and O–H groups in total. The average Bonchev–Trinajstić information content (AvgIpc) is 2.51. The zero-order valence-corrected chi connectivity index (χ0v) is 13.4. The van der Waals surface area contributed by atoms with Crippen LogP contribution < -0.4 is 25.4 Å². The van der Waals surface area contributed by atoms with E-state index >= 15 is 0 Å². The summed E-state index contributed by atoms with van der Waals surface area (Å²) in [5.41, 5.74) is 0.509. The Labute approximate surface area is 130 Å². The summed E-state index contributed by atoms with van der Waals surface area (Å²) in [6, 6.07) is 3.91. The minimum atomic E-state index is -0.626. The van der Waals surface area contributed by atoms with Gasteiger partial charge in [0.05, 0.1) is 14.2 Å². The van der Waals surface area contributed by atoms with Gasteiger partial charge in [-0.25, -0.2) is 4.79 Å². The molecule has 0 saturated carbocycles. The van der Waals surface area contributed by atoms with Gasteiger partial charge < -0.3 is 25.4 Å². The van der Waals surface area contributed by atoms with Gasteiger partial charge in [-0.05, 0) is 13.3 Å². The molecule has 1 rings (SSSR count). The van der Waals surface area contributed by atoms with E-state index in [1.54, 1.807) is 25.1 Å². The van der Waals surface area contributed by atoms with Crippen LogP contribution in [0, 0.1) is 0 Å². The van der Waals surface area contributed by atoms with Crippen molar-refractivity contribution >= 4 is 17.6 Å². The van der Waals surface area contributed by atoms with Crippen molar-refractivity contribution in [3.05, 3.63) is 18.2 Å². The number of carbonyl (C=O) groups is 2. The molecule has 0 aliphatic rings. The van der Waals surface area contributed by atoms with Crippen LogP contribution in [0.2, 0.25) is 0 Å². The molecular formula is C15H23N3O4. The highest BCUT2D eigenvalue weighted by atomic mass is 16.5. The van der Waals surface area contributed by atoms with Gasteiger partial charge in [0.15, 0.2) is 0 Å². The van der Waals surface area contributed by atoms with Crippen LogP contribution in [0.5, 0.6) is 11.5 Å². The van der Waals surface area contributed by atoms with Crippen molar-refractivity contribution in [1.82, 2.24) is 10.6 Å². The third kappa shape index (κ3) is 5.51. The molecule has 7 heteroatoms. The first-order valence-electron chi connectivity index (χ1n) is 7.08. The summed E-state index contributed by atoms with van der Waals surface area (Å²) in [6.45, 7) is 4.16. The van der Waals surface area contributed by atoms with Crippen LogP contribution in [-0.4, -0.2) is 38.7 Å². The molecule has 0 fully saturated rings. The second kappa shape index (κ2) is 8.76. The molecule has 0 radical (unpaired) electrons. The Balaban J connectivity index is 2.63. The van der Waals surface area contributed by atoms with Gasteiger partial charge >= 0.3 is 6.03 Å². The van der Waals surface area contributed by atoms with Crippen LogP contribution in [-0.2, 0) is 4.79 Å². The lowest BCUT2D eigenvalue weighted by Gasteiger charge is -2.15. The molecule has 1 aromatic rings. The summed E-state index contributed by atoms with van der Waals surface area (Å²) in [4.78, 5) is 23.6. The zero-order valence-electron chi connectivity index (χ0n) is 13.4. The molecule has 0 spiro atoms. The van der Waals surface area contributed by atoms with Gasteiger partial charge in [-0.3, -0.25) is 4.79 Å². The summed E-state index contributed by atoms with van der Waals surface area (Å²) >= 11 is 0. The van der Waals surface area contributed by atoms with Gasteiger partial charge in [-0.15, -0.1) is 0 Å². The summed E-state index contributed by atoms with van der Waals surface area (Å²) in [5.74, 6) is 0.895. The quantitative estimate of drug-likeness (QED) is 0.716. The zero-order chi connectivity index (χ0) is 16.5. The van der Waals surface area contributed by atoms with Gasteiger partial charge in [-0.1, -0.05) is 6.92 Å². The van der Waals surface area contributed by atoms with Crippen molar-refractivity contribution in [2.45, 2.75) is 26.3 Å². The topological polar surface area (TPSA) is 88.7 Å². The number of amides is 3. The maximum absolute atomic E-state index is 11.9. The lowest BCUT2D eigenvalue weighted by molar-refractivity contribution is -0.122. The second-order valence-electron chi connectivity index (χ2n) is 4.71. The van der Waals surface area contributed by atoms with E-state index in [-0.39, 0.29) is 5.91 Å². The number of hydrogen-bond acceptors (Lipinski definition) is 4. The fraction of sp³-hybridized carbons (Fsp3) is 0.467. The van der Waals surface area contributed by atoms with Gasteiger partial charge in [0.1, 0.15) is 17.5 Å². The Hall–Kier alpha value is -2.44. The fourth-order valence-corrected chi connectivity index (χ4v) is 1.71. The summed E-state index contributed by atoms with van der Waals surface area (Å²) in [7, 11) is 3.05. The van der Waals surface area contributed by atoms with E-state index in [1.165, 1.54) is 14.2 Å². The predicted octanol–water partition coefficient (Wildman–Crippen LogP) is 1.74. The molecule has 22 heavy (non-hydrogen) atoms. The van der Waals surface area contributed by atoms with Crippen molar-refractivity contribution in [2.24, 2.45) is 0 Å². The van der Waals surface area contributed by atoms with Gasteiger partial charge in [0.25, 0.3) is 0 Å². The minimum Gasteiger partial charge on any atom is -0.497 e. The van der Waals surface area contributed by atoms with Gasteiger partial charge in [0, 0.05) is 30.4 Å². The van der Waals surface area contributed by atoms with Crippen LogP contribution in [0.1, 0.15) is 20.3 Å².